The topological polar surface area (TPSA) is 273 Å². The molecule has 314 valence electrons. The Hall–Kier alpha value is -4.98. The average molecular weight is 840 g/mol. The number of alkyl carbamates (subject to hydrolysis) is 1. The average Bonchev–Trinajstić information content (AvgIpc) is 3.13. The van der Waals surface area contributed by atoms with Gasteiger partial charge in [-0.2, -0.15) is 0 Å². The molecule has 1 aliphatic carbocycles. The van der Waals surface area contributed by atoms with Crippen molar-refractivity contribution in [3.05, 3.63) is 35.9 Å². The highest BCUT2D eigenvalue weighted by Crippen LogP contribution is 2.27. The van der Waals surface area contributed by atoms with Crippen molar-refractivity contribution >= 4 is 70.8 Å². The van der Waals surface area contributed by atoms with E-state index >= 15 is 0 Å². The summed E-state index contributed by atoms with van der Waals surface area (Å²) in [4.78, 5) is 93.6. The maximum absolute atomic E-state index is 13.2. The van der Waals surface area contributed by atoms with Gasteiger partial charge in [0.15, 0.2) is 0 Å². The number of nitrogens with two attached hydrogens (primary N) is 2. The molecule has 2 rings (SSSR count). The number of carboxylic acid groups (broad SMARTS) is 1. The third-order valence-electron chi connectivity index (χ3n) is 8.00. The number of amides is 8. The number of carbonyl (C=O) groups excluding carboxylic acids is 7. The third kappa shape index (κ3) is 20.6. The maximum Gasteiger partial charge on any atom is 0.408 e. The predicted molar refractivity (Wildman–Crippen MR) is 198 cm³/mol. The van der Waals surface area contributed by atoms with Gasteiger partial charge in [0, 0.05) is 12.8 Å². The molecular formula is C34H50Cl2F2N8O10. The molecule has 4 atom stereocenters. The van der Waals surface area contributed by atoms with E-state index in [9.17, 15) is 47.1 Å². The normalized spacial score (nSPS) is 14.6. The number of ether oxygens (including phenoxy) is 1. The summed E-state index contributed by atoms with van der Waals surface area (Å²) in [5, 5.41) is 14.6. The molecule has 1 fully saturated rings. The summed E-state index contributed by atoms with van der Waals surface area (Å²) in [5.41, 5.74) is 10.2. The molecule has 0 radical (unpaired) electrons. The van der Waals surface area contributed by atoms with Crippen molar-refractivity contribution in [2.45, 2.75) is 102 Å². The van der Waals surface area contributed by atoms with Crippen LogP contribution < -0.4 is 33.0 Å². The third-order valence-corrected chi connectivity index (χ3v) is 8.37. The quantitative estimate of drug-likeness (QED) is 0.0838. The Morgan fingerprint density at radius 1 is 0.804 bits per heavy atom. The van der Waals surface area contributed by atoms with E-state index in [0.29, 0.717) is 10.0 Å². The van der Waals surface area contributed by atoms with Crippen molar-refractivity contribution in [1.82, 2.24) is 31.5 Å². The highest BCUT2D eigenvalue weighted by atomic mass is 35.5. The number of nitrogens with zero attached hydrogens (tertiary/aromatic N) is 2. The minimum atomic E-state index is -2.43. The van der Waals surface area contributed by atoms with Gasteiger partial charge in [0.25, 0.3) is 34.9 Å². The standard InChI is InChI=1S/C19H26ClFN4O5.C15H24ClFN4O5/c1-12(2)10-14(23-19(29)30-11-13-6-4-3-5-7-13)17(27)24-25(9-8-15(22)26)18(28)16(20)21;16-12(17)14(24)21(7-6-11(18)22)20-13(23)10(19-15(25)26)8-9-4-2-1-3-5-9/h3-7,12,14,16H,8-11H2,1-2H3,(H2,22,26)(H,23,29)(H,24,27);9-10,12,19H,1-8H2,(H2,18,22)(H,20,23)(H,25,26)/t14-,16?;/m0./s1. The highest BCUT2D eigenvalue weighted by molar-refractivity contribution is 6.29. The maximum atomic E-state index is 13.2. The van der Waals surface area contributed by atoms with Crippen LogP contribution in [0.25, 0.3) is 0 Å². The summed E-state index contributed by atoms with van der Waals surface area (Å²) >= 11 is 10.3. The van der Waals surface area contributed by atoms with E-state index in [4.69, 9.17) is 44.5 Å². The van der Waals surface area contributed by atoms with Crippen LogP contribution in [-0.2, 0) is 40.1 Å². The summed E-state index contributed by atoms with van der Waals surface area (Å²) in [6, 6.07) is 6.75. The van der Waals surface area contributed by atoms with E-state index in [1.54, 1.807) is 24.3 Å². The van der Waals surface area contributed by atoms with Crippen LogP contribution in [0.15, 0.2) is 30.3 Å². The first kappa shape index (κ1) is 49.0. The van der Waals surface area contributed by atoms with Crippen LogP contribution in [0.1, 0.15) is 77.2 Å². The van der Waals surface area contributed by atoms with Crippen LogP contribution in [-0.4, -0.2) is 99.2 Å². The van der Waals surface area contributed by atoms with Gasteiger partial charge in [-0.1, -0.05) is 99.5 Å². The fraction of sp³-hybridized carbons (Fsp3) is 0.588. The number of nitrogens with one attached hydrogen (secondary N) is 4. The lowest BCUT2D eigenvalue weighted by Crippen LogP contribution is -2.56. The lowest BCUT2D eigenvalue weighted by molar-refractivity contribution is -0.144. The van der Waals surface area contributed by atoms with E-state index in [0.717, 1.165) is 37.7 Å². The lowest BCUT2D eigenvalue weighted by Gasteiger charge is -2.29. The molecular weight excluding hydrogens is 789 g/mol. The van der Waals surface area contributed by atoms with Crippen molar-refractivity contribution in [1.29, 1.82) is 0 Å². The molecule has 18 nitrogen and oxygen atoms in total. The molecule has 3 unspecified atom stereocenters. The Kier molecular flexibility index (Phi) is 22.7. The first-order valence-electron chi connectivity index (χ1n) is 17.6. The molecule has 8 amide bonds. The van der Waals surface area contributed by atoms with Crippen molar-refractivity contribution in [2.24, 2.45) is 23.3 Å². The minimum Gasteiger partial charge on any atom is -0.465 e. The Morgan fingerprint density at radius 3 is 1.71 bits per heavy atom. The van der Waals surface area contributed by atoms with Gasteiger partial charge in [0.1, 0.15) is 18.7 Å². The molecule has 1 saturated carbocycles. The summed E-state index contributed by atoms with van der Waals surface area (Å²) in [5.74, 6) is -5.51. The first-order valence-corrected chi connectivity index (χ1v) is 18.5. The summed E-state index contributed by atoms with van der Waals surface area (Å²) in [6.45, 7) is 2.89. The number of benzene rings is 1. The van der Waals surface area contributed by atoms with E-state index in [1.165, 1.54) is 0 Å². The Bertz CT molecular complexity index is 1470. The number of rotatable bonds is 18. The zero-order valence-corrected chi connectivity index (χ0v) is 32.5. The second kappa shape index (κ2) is 26.0. The Labute approximate surface area is 332 Å². The molecule has 1 aromatic carbocycles. The Balaban J connectivity index is 0.000000566. The monoisotopic (exact) mass is 838 g/mol. The van der Waals surface area contributed by atoms with Crippen LogP contribution >= 0.6 is 23.2 Å². The smallest absolute Gasteiger partial charge is 0.408 e. The SMILES string of the molecule is CC(C)C[C@H](NC(=O)OCc1ccccc1)C(=O)NN(CCC(N)=O)C(=O)C(F)Cl.NC(=O)CCN(NC(=O)C(CC1CCCCC1)NC(=O)O)C(=O)C(F)Cl. The predicted octanol–water partition coefficient (Wildman–Crippen LogP) is 2.46. The molecule has 0 saturated heterocycles. The van der Waals surface area contributed by atoms with Crippen LogP contribution in [0.4, 0.5) is 18.4 Å². The molecule has 0 heterocycles. The van der Waals surface area contributed by atoms with Crippen molar-refractivity contribution in [2.75, 3.05) is 13.1 Å². The van der Waals surface area contributed by atoms with E-state index in [1.807, 2.05) is 19.9 Å². The summed E-state index contributed by atoms with van der Waals surface area (Å²) in [6.07, 6.45) is 2.46. The number of hydrogen-bond donors (Lipinski definition) is 7. The van der Waals surface area contributed by atoms with Gasteiger partial charge in [-0.3, -0.25) is 39.6 Å². The molecule has 0 bridgehead atoms. The Morgan fingerprint density at radius 2 is 1.29 bits per heavy atom. The molecule has 0 aromatic heterocycles. The number of halogens is 4. The fourth-order valence-electron chi connectivity index (χ4n) is 5.29. The summed E-state index contributed by atoms with van der Waals surface area (Å²) in [7, 11) is 0. The number of hydrazine groups is 2. The van der Waals surface area contributed by atoms with Crippen molar-refractivity contribution in [3.63, 3.8) is 0 Å². The van der Waals surface area contributed by atoms with Crippen LogP contribution in [0.5, 0.6) is 0 Å². The second-order valence-corrected chi connectivity index (χ2v) is 13.9. The van der Waals surface area contributed by atoms with Gasteiger partial charge in [-0.15, -0.1) is 0 Å². The molecule has 1 aromatic rings. The van der Waals surface area contributed by atoms with E-state index in [2.05, 4.69) is 21.5 Å². The fourth-order valence-corrected chi connectivity index (χ4v) is 5.53. The van der Waals surface area contributed by atoms with Crippen LogP contribution in [0.2, 0.25) is 0 Å². The van der Waals surface area contributed by atoms with E-state index in [-0.39, 0.29) is 57.2 Å². The molecule has 9 N–H and O–H groups in total. The minimum absolute atomic E-state index is 0.00168. The highest BCUT2D eigenvalue weighted by Gasteiger charge is 2.31. The lowest BCUT2D eigenvalue weighted by atomic mass is 9.84. The number of primary amides is 2. The van der Waals surface area contributed by atoms with Crippen molar-refractivity contribution in [3.8, 4) is 0 Å². The molecule has 56 heavy (non-hydrogen) atoms. The second-order valence-electron chi connectivity index (χ2n) is 13.1. The van der Waals surface area contributed by atoms with Gasteiger partial charge in [0.2, 0.25) is 11.8 Å². The van der Waals surface area contributed by atoms with Crippen molar-refractivity contribution < 1.29 is 57.0 Å². The van der Waals surface area contributed by atoms with Gasteiger partial charge < -0.3 is 31.9 Å². The molecule has 22 heteroatoms. The number of alkyl halides is 4. The largest absolute Gasteiger partial charge is 0.465 e. The first-order chi connectivity index (χ1) is 26.3. The van der Waals surface area contributed by atoms with Crippen LogP contribution in [0, 0.1) is 11.8 Å². The van der Waals surface area contributed by atoms with Gasteiger partial charge in [-0.25, -0.2) is 28.4 Å². The molecule has 0 aliphatic heterocycles. The van der Waals surface area contributed by atoms with E-state index < -0.39 is 71.0 Å². The van der Waals surface area contributed by atoms with Crippen LogP contribution in [0.3, 0.4) is 0 Å². The molecule has 1 aliphatic rings. The van der Waals surface area contributed by atoms with Gasteiger partial charge in [0.05, 0.1) is 13.1 Å². The molecule has 0 spiro atoms. The summed E-state index contributed by atoms with van der Waals surface area (Å²) < 4.78 is 31.4. The number of carbonyl (C=O) groups is 8. The van der Waals surface area contributed by atoms with Gasteiger partial charge in [-0.05, 0) is 30.2 Å². The zero-order valence-electron chi connectivity index (χ0n) is 31.0. The number of hydrogen-bond acceptors (Lipinski definition) is 9. The zero-order chi connectivity index (χ0) is 42.4. The van der Waals surface area contributed by atoms with Gasteiger partial charge >= 0.3 is 12.2 Å².